The van der Waals surface area contributed by atoms with Crippen molar-refractivity contribution in [2.45, 2.75) is 13.3 Å². The number of hydrogen-bond donors (Lipinski definition) is 3. The van der Waals surface area contributed by atoms with E-state index in [0.29, 0.717) is 0 Å². The molecule has 9 heavy (non-hydrogen) atoms. The van der Waals surface area contributed by atoms with Crippen molar-refractivity contribution >= 4 is 23.8 Å². The summed E-state index contributed by atoms with van der Waals surface area (Å²) < 4.78 is 8.88. The van der Waals surface area contributed by atoms with Gasteiger partial charge < -0.3 is 14.7 Å². The lowest BCUT2D eigenvalue weighted by Gasteiger charge is -1.82. The van der Waals surface area contributed by atoms with Crippen LogP contribution in [0.4, 0.5) is 0 Å². The first kappa shape index (κ1) is 12.3. The van der Waals surface area contributed by atoms with E-state index >= 15 is 0 Å². The molecule has 0 heterocycles. The van der Waals surface area contributed by atoms with Gasteiger partial charge in [-0.15, -0.1) is 0 Å². The molecule has 0 rings (SSSR count). The molecule has 0 bridgehead atoms. The monoisotopic (exact) mass is 220 g/mol. The van der Waals surface area contributed by atoms with Crippen LogP contribution in [0.25, 0.3) is 0 Å². The van der Waals surface area contributed by atoms with Gasteiger partial charge in [0.15, 0.2) is 0 Å². The van der Waals surface area contributed by atoms with Crippen LogP contribution in [0.5, 0.6) is 0 Å². The molecule has 0 fully saturated rings. The van der Waals surface area contributed by atoms with Crippen molar-refractivity contribution in [2.24, 2.45) is 0 Å². The molecule has 0 spiro atoms. The van der Waals surface area contributed by atoms with Gasteiger partial charge in [0.1, 0.15) is 0 Å². The quantitative estimate of drug-likeness (QED) is 0.453. The van der Waals surface area contributed by atoms with Gasteiger partial charge in [0, 0.05) is 5.33 Å². The van der Waals surface area contributed by atoms with Crippen LogP contribution in [0.15, 0.2) is 0 Å². The Labute approximate surface area is 62.3 Å². The lowest BCUT2D eigenvalue weighted by Crippen LogP contribution is -1.66. The van der Waals surface area contributed by atoms with E-state index in [1.165, 1.54) is 6.42 Å². The number of phosphoric acid groups is 1. The maximum atomic E-state index is 8.88. The molecule has 0 aliphatic carbocycles. The lowest BCUT2D eigenvalue weighted by atomic mass is 10.6. The van der Waals surface area contributed by atoms with Crippen LogP contribution in [0, 0.1) is 0 Å². The minimum atomic E-state index is -4.64. The molecule has 0 atom stereocenters. The van der Waals surface area contributed by atoms with E-state index in [9.17, 15) is 0 Å². The van der Waals surface area contributed by atoms with Gasteiger partial charge in [-0.1, -0.05) is 22.9 Å². The molecule has 0 aromatic carbocycles. The van der Waals surface area contributed by atoms with E-state index in [-0.39, 0.29) is 0 Å². The van der Waals surface area contributed by atoms with Crippen LogP contribution < -0.4 is 0 Å². The Balaban J connectivity index is 0. The highest BCUT2D eigenvalue weighted by atomic mass is 79.9. The molecule has 0 saturated carbocycles. The summed E-state index contributed by atoms with van der Waals surface area (Å²) in [7, 11) is -4.64. The third kappa shape index (κ3) is 148. The van der Waals surface area contributed by atoms with Crippen LogP contribution in [-0.4, -0.2) is 20.0 Å². The molecule has 0 aromatic heterocycles. The van der Waals surface area contributed by atoms with Crippen molar-refractivity contribution in [1.82, 2.24) is 0 Å². The zero-order valence-electron chi connectivity index (χ0n) is 4.99. The molecule has 58 valence electrons. The molecule has 0 saturated heterocycles. The number of rotatable bonds is 1. The molecule has 3 N–H and O–H groups in total. The standard InChI is InChI=1S/C3H7Br.H3O4P/c1-2-3-4;1-5(2,3)4/h2-3H2,1H3;(H3,1,2,3,4). The van der Waals surface area contributed by atoms with E-state index in [1.54, 1.807) is 0 Å². The summed E-state index contributed by atoms with van der Waals surface area (Å²) in [6, 6.07) is 0. The Bertz CT molecular complexity index is 79.5. The first-order valence-electron chi connectivity index (χ1n) is 2.26. The smallest absolute Gasteiger partial charge is 0.303 e. The highest BCUT2D eigenvalue weighted by Crippen LogP contribution is 2.25. The van der Waals surface area contributed by atoms with Gasteiger partial charge >= 0.3 is 7.82 Å². The Morgan fingerprint density at radius 2 is 1.56 bits per heavy atom. The summed E-state index contributed by atoms with van der Waals surface area (Å²) >= 11 is 3.25. The van der Waals surface area contributed by atoms with Crippen molar-refractivity contribution in [2.75, 3.05) is 5.33 Å². The summed E-state index contributed by atoms with van der Waals surface area (Å²) in [6.45, 7) is 2.13. The lowest BCUT2D eigenvalue weighted by molar-refractivity contribution is 0.275. The predicted octanol–water partition coefficient (Wildman–Crippen LogP) is 0.863. The minimum Gasteiger partial charge on any atom is -0.303 e. The van der Waals surface area contributed by atoms with E-state index in [4.69, 9.17) is 19.2 Å². The maximum Gasteiger partial charge on any atom is 0.466 e. The number of hydrogen-bond acceptors (Lipinski definition) is 1. The number of alkyl halides is 1. The second kappa shape index (κ2) is 6.71. The van der Waals surface area contributed by atoms with Crippen molar-refractivity contribution < 1.29 is 19.2 Å². The van der Waals surface area contributed by atoms with Gasteiger partial charge in [0.05, 0.1) is 0 Å². The minimum absolute atomic E-state index is 1.13. The van der Waals surface area contributed by atoms with Crippen LogP contribution in [0.2, 0.25) is 0 Å². The molecule has 0 aliphatic rings. The van der Waals surface area contributed by atoms with E-state index in [0.717, 1.165) is 5.33 Å². The molecule has 0 aliphatic heterocycles. The third-order valence-electron chi connectivity index (χ3n) is 0.189. The first-order valence-corrected chi connectivity index (χ1v) is 4.94. The van der Waals surface area contributed by atoms with Gasteiger partial charge in [0.2, 0.25) is 0 Å². The van der Waals surface area contributed by atoms with Crippen LogP contribution >= 0.6 is 23.8 Å². The van der Waals surface area contributed by atoms with Crippen molar-refractivity contribution in [3.63, 3.8) is 0 Å². The summed E-state index contributed by atoms with van der Waals surface area (Å²) in [5, 5.41) is 1.13. The topological polar surface area (TPSA) is 77.8 Å². The van der Waals surface area contributed by atoms with Crippen LogP contribution in [0.3, 0.4) is 0 Å². The Morgan fingerprint density at radius 3 is 1.56 bits per heavy atom. The normalized spacial score (nSPS) is 9.89. The molecule has 0 radical (unpaired) electrons. The SMILES string of the molecule is CCCBr.O=P(O)(O)O. The summed E-state index contributed by atoms with van der Waals surface area (Å²) in [4.78, 5) is 21.6. The molecule has 4 nitrogen and oxygen atoms in total. The van der Waals surface area contributed by atoms with Crippen LogP contribution in [-0.2, 0) is 4.57 Å². The first-order chi connectivity index (χ1) is 3.91. The van der Waals surface area contributed by atoms with Gasteiger partial charge in [-0.25, -0.2) is 4.57 Å². The molecule has 0 unspecified atom stereocenters. The highest BCUT2D eigenvalue weighted by Gasteiger charge is 2.00. The Kier molecular flexibility index (Phi) is 9.15. The van der Waals surface area contributed by atoms with E-state index < -0.39 is 7.82 Å². The number of halogens is 1. The molecule has 6 heteroatoms. The molecule has 0 aromatic rings. The summed E-state index contributed by atoms with van der Waals surface area (Å²) in [5.74, 6) is 0. The fraction of sp³-hybridized carbons (Fsp3) is 1.00. The van der Waals surface area contributed by atoms with Gasteiger partial charge in [-0.05, 0) is 6.42 Å². The average molecular weight is 221 g/mol. The van der Waals surface area contributed by atoms with Crippen molar-refractivity contribution in [1.29, 1.82) is 0 Å². The molecular formula is C3H10BrO4P. The van der Waals surface area contributed by atoms with Crippen molar-refractivity contribution in [3.05, 3.63) is 0 Å². The van der Waals surface area contributed by atoms with E-state index in [2.05, 4.69) is 22.9 Å². The third-order valence-corrected chi connectivity index (χ3v) is 0.982. The van der Waals surface area contributed by atoms with Gasteiger partial charge in [0.25, 0.3) is 0 Å². The largest absolute Gasteiger partial charge is 0.466 e. The fourth-order valence-electron chi connectivity index (χ4n) is 0. The van der Waals surface area contributed by atoms with Crippen molar-refractivity contribution in [3.8, 4) is 0 Å². The van der Waals surface area contributed by atoms with E-state index in [1.807, 2.05) is 0 Å². The predicted molar refractivity (Wildman–Crippen MR) is 38.3 cm³/mol. The Hall–Kier alpha value is 0.590. The average Bonchev–Trinajstić information content (AvgIpc) is 1.61. The summed E-state index contributed by atoms with van der Waals surface area (Å²) in [6.07, 6.45) is 1.24. The zero-order valence-corrected chi connectivity index (χ0v) is 7.47. The second-order valence-corrected chi connectivity index (χ2v) is 3.02. The van der Waals surface area contributed by atoms with Gasteiger partial charge in [-0.2, -0.15) is 0 Å². The Morgan fingerprint density at radius 1 is 1.44 bits per heavy atom. The van der Waals surface area contributed by atoms with Gasteiger partial charge in [-0.3, -0.25) is 0 Å². The molecular weight excluding hydrogens is 211 g/mol. The second-order valence-electron chi connectivity index (χ2n) is 1.20. The fourth-order valence-corrected chi connectivity index (χ4v) is 0. The highest BCUT2D eigenvalue weighted by molar-refractivity contribution is 9.09. The molecule has 0 amide bonds. The zero-order chi connectivity index (χ0) is 7.91. The maximum absolute atomic E-state index is 8.88. The van der Waals surface area contributed by atoms with Crippen LogP contribution in [0.1, 0.15) is 13.3 Å². The summed E-state index contributed by atoms with van der Waals surface area (Å²) in [5.41, 5.74) is 0.